The third kappa shape index (κ3) is 2.92. The monoisotopic (exact) mass is 287 g/mol. The second-order valence-corrected chi connectivity index (χ2v) is 4.57. The SMILES string of the molecule is O=C(O)C1c2ccccc2CCN1C(=O)CC(F)(F)F. The number of fused-ring (bicyclic) bond motifs is 1. The molecule has 0 fully saturated rings. The Kier molecular flexibility index (Phi) is 3.69. The van der Waals surface area contributed by atoms with Crippen molar-refractivity contribution in [1.82, 2.24) is 4.90 Å². The topological polar surface area (TPSA) is 57.6 Å². The minimum absolute atomic E-state index is 0.0249. The molecule has 1 aromatic rings. The fraction of sp³-hybridized carbons (Fsp3) is 0.385. The molecule has 20 heavy (non-hydrogen) atoms. The summed E-state index contributed by atoms with van der Waals surface area (Å²) >= 11 is 0. The Morgan fingerprint density at radius 3 is 2.55 bits per heavy atom. The van der Waals surface area contributed by atoms with Crippen molar-refractivity contribution in [3.05, 3.63) is 35.4 Å². The van der Waals surface area contributed by atoms with E-state index in [1.165, 1.54) is 6.07 Å². The quantitative estimate of drug-likeness (QED) is 0.906. The molecule has 0 aliphatic carbocycles. The molecular formula is C13H12F3NO3. The number of alkyl halides is 3. The average molecular weight is 287 g/mol. The molecule has 0 radical (unpaired) electrons. The number of carboxylic acid groups (broad SMARTS) is 1. The van der Waals surface area contributed by atoms with Crippen LogP contribution >= 0.6 is 0 Å². The van der Waals surface area contributed by atoms with Crippen LogP contribution in [0.1, 0.15) is 23.6 Å². The fourth-order valence-electron chi connectivity index (χ4n) is 2.37. The Balaban J connectivity index is 2.32. The van der Waals surface area contributed by atoms with Gasteiger partial charge in [-0.2, -0.15) is 13.2 Å². The van der Waals surface area contributed by atoms with Gasteiger partial charge in [0.15, 0.2) is 6.04 Å². The van der Waals surface area contributed by atoms with Crippen LogP contribution in [0, 0.1) is 0 Å². The average Bonchev–Trinajstić information content (AvgIpc) is 2.35. The fourth-order valence-corrected chi connectivity index (χ4v) is 2.37. The first-order valence-corrected chi connectivity index (χ1v) is 5.96. The molecule has 4 nitrogen and oxygen atoms in total. The summed E-state index contributed by atoms with van der Waals surface area (Å²) in [7, 11) is 0. The van der Waals surface area contributed by atoms with Crippen LogP contribution in [0.25, 0.3) is 0 Å². The second-order valence-electron chi connectivity index (χ2n) is 4.57. The highest BCUT2D eigenvalue weighted by Crippen LogP contribution is 2.32. The predicted molar refractivity (Wildman–Crippen MR) is 62.9 cm³/mol. The van der Waals surface area contributed by atoms with Crippen LogP contribution < -0.4 is 0 Å². The van der Waals surface area contributed by atoms with Crippen LogP contribution in [0.3, 0.4) is 0 Å². The highest BCUT2D eigenvalue weighted by Gasteiger charge is 2.40. The van der Waals surface area contributed by atoms with E-state index < -0.39 is 30.5 Å². The lowest BCUT2D eigenvalue weighted by atomic mass is 9.92. The van der Waals surface area contributed by atoms with Gasteiger partial charge in [0.2, 0.25) is 5.91 Å². The number of amides is 1. The first kappa shape index (κ1) is 14.4. The van der Waals surface area contributed by atoms with Gasteiger partial charge in [-0.05, 0) is 17.5 Å². The first-order valence-electron chi connectivity index (χ1n) is 5.96. The Hall–Kier alpha value is -2.05. The summed E-state index contributed by atoms with van der Waals surface area (Å²) < 4.78 is 36.9. The van der Waals surface area contributed by atoms with Gasteiger partial charge in [0.1, 0.15) is 6.42 Å². The number of carboxylic acids is 1. The van der Waals surface area contributed by atoms with Crippen molar-refractivity contribution in [3.63, 3.8) is 0 Å². The Morgan fingerprint density at radius 1 is 1.30 bits per heavy atom. The molecule has 1 aliphatic rings. The van der Waals surface area contributed by atoms with Gasteiger partial charge >= 0.3 is 12.1 Å². The lowest BCUT2D eigenvalue weighted by molar-refractivity contribution is -0.168. The van der Waals surface area contributed by atoms with Crippen molar-refractivity contribution in [1.29, 1.82) is 0 Å². The molecule has 1 amide bonds. The molecule has 1 heterocycles. The minimum Gasteiger partial charge on any atom is -0.479 e. The maximum Gasteiger partial charge on any atom is 0.397 e. The van der Waals surface area contributed by atoms with Gasteiger partial charge in [-0.25, -0.2) is 4.79 Å². The second kappa shape index (κ2) is 5.15. The van der Waals surface area contributed by atoms with Crippen molar-refractivity contribution in [2.75, 3.05) is 6.54 Å². The van der Waals surface area contributed by atoms with Crippen molar-refractivity contribution in [2.24, 2.45) is 0 Å². The van der Waals surface area contributed by atoms with Crippen LogP contribution in [0.2, 0.25) is 0 Å². The van der Waals surface area contributed by atoms with Crippen molar-refractivity contribution >= 4 is 11.9 Å². The summed E-state index contributed by atoms with van der Waals surface area (Å²) in [5.41, 5.74) is 1.12. The highest BCUT2D eigenvalue weighted by molar-refractivity contribution is 5.85. The van der Waals surface area contributed by atoms with E-state index in [1.54, 1.807) is 18.2 Å². The van der Waals surface area contributed by atoms with Crippen LogP contribution in [-0.2, 0) is 16.0 Å². The molecule has 1 atom stereocenters. The Labute approximate surface area is 112 Å². The zero-order valence-corrected chi connectivity index (χ0v) is 10.4. The summed E-state index contributed by atoms with van der Waals surface area (Å²) in [6.45, 7) is -0.0249. The molecule has 1 N–H and O–H groups in total. The van der Waals surface area contributed by atoms with Crippen LogP contribution in [0.5, 0.6) is 0 Å². The lowest BCUT2D eigenvalue weighted by Gasteiger charge is -2.35. The highest BCUT2D eigenvalue weighted by atomic mass is 19.4. The molecule has 1 aromatic carbocycles. The normalized spacial score (nSPS) is 18.6. The van der Waals surface area contributed by atoms with Gasteiger partial charge in [-0.3, -0.25) is 4.79 Å². The molecule has 1 aliphatic heterocycles. The van der Waals surface area contributed by atoms with Gasteiger partial charge in [0.05, 0.1) is 0 Å². The molecule has 0 saturated heterocycles. The van der Waals surface area contributed by atoms with Crippen molar-refractivity contribution in [2.45, 2.75) is 25.1 Å². The summed E-state index contributed by atoms with van der Waals surface area (Å²) in [5, 5.41) is 9.23. The molecule has 0 aromatic heterocycles. The van der Waals surface area contributed by atoms with E-state index in [0.717, 1.165) is 10.5 Å². The maximum atomic E-state index is 12.3. The predicted octanol–water partition coefficient (Wildman–Crippen LogP) is 2.15. The number of hydrogen-bond donors (Lipinski definition) is 1. The Morgan fingerprint density at radius 2 is 1.95 bits per heavy atom. The summed E-state index contributed by atoms with van der Waals surface area (Å²) in [6, 6.07) is 5.23. The Bertz CT molecular complexity index is 542. The molecular weight excluding hydrogens is 275 g/mol. The number of carbonyl (C=O) groups is 2. The zero-order valence-electron chi connectivity index (χ0n) is 10.4. The van der Waals surface area contributed by atoms with Gasteiger partial charge < -0.3 is 10.0 Å². The van der Waals surface area contributed by atoms with E-state index in [0.29, 0.717) is 12.0 Å². The van der Waals surface area contributed by atoms with Gasteiger partial charge in [-0.15, -0.1) is 0 Å². The zero-order chi connectivity index (χ0) is 14.9. The van der Waals surface area contributed by atoms with Crippen molar-refractivity contribution in [3.8, 4) is 0 Å². The van der Waals surface area contributed by atoms with Crippen LogP contribution in [0.4, 0.5) is 13.2 Å². The lowest BCUT2D eigenvalue weighted by Crippen LogP contribution is -2.44. The molecule has 7 heteroatoms. The number of nitrogens with zero attached hydrogens (tertiary/aromatic N) is 1. The molecule has 2 rings (SSSR count). The number of aliphatic carboxylic acids is 1. The standard InChI is InChI=1S/C13H12F3NO3/c14-13(15,16)7-10(18)17-6-5-8-3-1-2-4-9(8)11(17)12(19)20/h1-4,11H,5-7H2,(H,19,20). The molecule has 108 valence electrons. The third-order valence-electron chi connectivity index (χ3n) is 3.19. The molecule has 0 bridgehead atoms. The van der Waals surface area contributed by atoms with E-state index in [1.807, 2.05) is 0 Å². The first-order chi connectivity index (χ1) is 9.29. The third-order valence-corrected chi connectivity index (χ3v) is 3.19. The van der Waals surface area contributed by atoms with Crippen LogP contribution in [-0.4, -0.2) is 34.6 Å². The van der Waals surface area contributed by atoms with Crippen molar-refractivity contribution < 1.29 is 27.9 Å². The number of rotatable bonds is 2. The summed E-state index contributed by atoms with van der Waals surface area (Å²) in [6.07, 6.45) is -5.93. The molecule has 1 unspecified atom stereocenters. The maximum absolute atomic E-state index is 12.3. The molecule has 0 spiro atoms. The van der Waals surface area contributed by atoms with Gasteiger partial charge in [0.25, 0.3) is 0 Å². The van der Waals surface area contributed by atoms with Gasteiger partial charge in [-0.1, -0.05) is 24.3 Å². The van der Waals surface area contributed by atoms with E-state index in [4.69, 9.17) is 0 Å². The number of carbonyl (C=O) groups excluding carboxylic acids is 1. The molecule has 0 saturated carbocycles. The largest absolute Gasteiger partial charge is 0.479 e. The van der Waals surface area contributed by atoms with E-state index in [-0.39, 0.29) is 6.54 Å². The number of hydrogen-bond acceptors (Lipinski definition) is 2. The number of benzene rings is 1. The minimum atomic E-state index is -4.64. The summed E-state index contributed by atoms with van der Waals surface area (Å²) in [5.74, 6) is -2.54. The smallest absolute Gasteiger partial charge is 0.397 e. The van der Waals surface area contributed by atoms with Crippen LogP contribution in [0.15, 0.2) is 24.3 Å². The van der Waals surface area contributed by atoms with E-state index in [9.17, 15) is 27.9 Å². The van der Waals surface area contributed by atoms with Gasteiger partial charge in [0, 0.05) is 6.54 Å². The van der Waals surface area contributed by atoms with E-state index >= 15 is 0 Å². The van der Waals surface area contributed by atoms with E-state index in [2.05, 4.69) is 0 Å². The number of halogens is 3. The summed E-state index contributed by atoms with van der Waals surface area (Å²) in [4.78, 5) is 23.8.